The number of hydrogen-bond acceptors (Lipinski definition) is 4. The summed E-state index contributed by atoms with van der Waals surface area (Å²) in [4.78, 5) is 15.0. The first-order valence-corrected chi connectivity index (χ1v) is 7.17. The van der Waals surface area contributed by atoms with Gasteiger partial charge in [-0.25, -0.2) is 0 Å². The maximum absolute atomic E-state index is 12.1. The van der Waals surface area contributed by atoms with E-state index >= 15 is 0 Å². The second-order valence-corrected chi connectivity index (χ2v) is 5.50. The highest BCUT2D eigenvalue weighted by atomic mass is 16.5. The number of benzene rings is 1. The molecule has 3 rings (SSSR count). The summed E-state index contributed by atoms with van der Waals surface area (Å²) in [6.07, 6.45) is 0.880. The number of aromatic amines is 1. The average molecular weight is 288 g/mol. The lowest BCUT2D eigenvalue weighted by Gasteiger charge is -2.25. The highest BCUT2D eigenvalue weighted by Gasteiger charge is 2.34. The van der Waals surface area contributed by atoms with Crippen LogP contribution in [0.3, 0.4) is 0 Å². The molecule has 1 aromatic heterocycles. The zero-order chi connectivity index (χ0) is 14.7. The minimum Gasteiger partial charge on any atom is -0.378 e. The van der Waals surface area contributed by atoms with Crippen molar-refractivity contribution in [3.63, 3.8) is 0 Å². The van der Waals surface area contributed by atoms with E-state index in [0.29, 0.717) is 19.7 Å². The number of fused-ring (bicyclic) bond motifs is 1. The van der Waals surface area contributed by atoms with Crippen LogP contribution in [0.25, 0.3) is 10.9 Å². The first-order valence-electron chi connectivity index (χ1n) is 7.17. The second kappa shape index (κ2) is 5.97. The Morgan fingerprint density at radius 3 is 3.05 bits per heavy atom. The number of para-hydroxylation sites is 1. The van der Waals surface area contributed by atoms with E-state index in [1.54, 1.807) is 7.11 Å². The summed E-state index contributed by atoms with van der Waals surface area (Å²) in [5, 5.41) is 4.36. The van der Waals surface area contributed by atoms with Gasteiger partial charge in [-0.1, -0.05) is 18.2 Å². The second-order valence-electron chi connectivity index (χ2n) is 5.50. The molecule has 1 aliphatic rings. The lowest BCUT2D eigenvalue weighted by molar-refractivity contribution is -0.0159. The smallest absolute Gasteiger partial charge is 0.252 e. The molecule has 5 heteroatoms. The van der Waals surface area contributed by atoms with Crippen molar-refractivity contribution in [1.82, 2.24) is 10.3 Å². The van der Waals surface area contributed by atoms with E-state index in [4.69, 9.17) is 9.47 Å². The monoisotopic (exact) mass is 288 g/mol. The van der Waals surface area contributed by atoms with Gasteiger partial charge in [-0.15, -0.1) is 0 Å². The van der Waals surface area contributed by atoms with Crippen LogP contribution >= 0.6 is 0 Å². The van der Waals surface area contributed by atoms with Gasteiger partial charge < -0.3 is 19.8 Å². The fraction of sp³-hybridized carbons (Fsp3) is 0.438. The topological polar surface area (TPSA) is 63.3 Å². The van der Waals surface area contributed by atoms with Gasteiger partial charge in [0.15, 0.2) is 0 Å². The normalized spacial score (nSPS) is 22.0. The lowest BCUT2D eigenvalue weighted by Crippen LogP contribution is -2.43. The average Bonchev–Trinajstić information content (AvgIpc) is 2.97. The SMILES string of the molecule is COC1(CNCc2cc3ccccc3[nH]c2=O)CCOC1. The third-order valence-electron chi connectivity index (χ3n) is 4.09. The van der Waals surface area contributed by atoms with Gasteiger partial charge in [-0.05, 0) is 17.5 Å². The van der Waals surface area contributed by atoms with Crippen LogP contribution in [0.5, 0.6) is 0 Å². The van der Waals surface area contributed by atoms with Crippen LogP contribution in [0.2, 0.25) is 0 Å². The molecule has 2 heterocycles. The van der Waals surface area contributed by atoms with Crippen LogP contribution in [0, 0.1) is 0 Å². The van der Waals surface area contributed by atoms with E-state index in [2.05, 4.69) is 10.3 Å². The quantitative estimate of drug-likeness (QED) is 0.873. The Hall–Kier alpha value is -1.69. The summed E-state index contributed by atoms with van der Waals surface area (Å²) >= 11 is 0. The Balaban J connectivity index is 1.70. The van der Waals surface area contributed by atoms with Crippen molar-refractivity contribution in [2.45, 2.75) is 18.6 Å². The van der Waals surface area contributed by atoms with Gasteiger partial charge in [0, 0.05) is 44.3 Å². The molecule has 1 unspecified atom stereocenters. The maximum Gasteiger partial charge on any atom is 0.252 e. The van der Waals surface area contributed by atoms with Crippen LogP contribution in [0.1, 0.15) is 12.0 Å². The summed E-state index contributed by atoms with van der Waals surface area (Å²) in [5.41, 5.74) is 1.29. The molecule has 0 amide bonds. The van der Waals surface area contributed by atoms with Crippen molar-refractivity contribution in [3.05, 3.63) is 46.2 Å². The van der Waals surface area contributed by atoms with Gasteiger partial charge in [0.1, 0.15) is 5.60 Å². The predicted molar refractivity (Wildman–Crippen MR) is 81.5 cm³/mol. The minimum atomic E-state index is -0.260. The van der Waals surface area contributed by atoms with Gasteiger partial charge in [0.05, 0.1) is 6.61 Å². The fourth-order valence-electron chi connectivity index (χ4n) is 2.71. The molecule has 0 spiro atoms. The van der Waals surface area contributed by atoms with Crippen LogP contribution in [-0.2, 0) is 16.0 Å². The zero-order valence-corrected chi connectivity index (χ0v) is 12.1. The lowest BCUT2D eigenvalue weighted by atomic mass is 10.0. The van der Waals surface area contributed by atoms with Gasteiger partial charge in [0.2, 0.25) is 0 Å². The molecule has 21 heavy (non-hydrogen) atoms. The molecule has 1 aromatic carbocycles. The first kappa shape index (κ1) is 14.3. The number of hydrogen-bond donors (Lipinski definition) is 2. The number of nitrogens with one attached hydrogen (secondary N) is 2. The van der Waals surface area contributed by atoms with E-state index in [-0.39, 0.29) is 11.2 Å². The molecule has 5 nitrogen and oxygen atoms in total. The molecule has 1 aliphatic heterocycles. The van der Waals surface area contributed by atoms with Gasteiger partial charge in [0.25, 0.3) is 5.56 Å². The van der Waals surface area contributed by atoms with E-state index in [9.17, 15) is 4.79 Å². The predicted octanol–water partition coefficient (Wildman–Crippen LogP) is 1.42. The van der Waals surface area contributed by atoms with Crippen molar-refractivity contribution in [3.8, 4) is 0 Å². The Morgan fingerprint density at radius 2 is 2.29 bits per heavy atom. The highest BCUT2D eigenvalue weighted by Crippen LogP contribution is 2.21. The number of ether oxygens (including phenoxy) is 2. The zero-order valence-electron chi connectivity index (χ0n) is 12.1. The molecule has 1 fully saturated rings. The van der Waals surface area contributed by atoms with E-state index in [1.165, 1.54) is 0 Å². The summed E-state index contributed by atoms with van der Waals surface area (Å²) in [7, 11) is 1.71. The third kappa shape index (κ3) is 3.00. The first-order chi connectivity index (χ1) is 10.2. The summed E-state index contributed by atoms with van der Waals surface area (Å²) < 4.78 is 11.0. The van der Waals surface area contributed by atoms with E-state index in [0.717, 1.165) is 29.5 Å². The largest absolute Gasteiger partial charge is 0.378 e. The van der Waals surface area contributed by atoms with Crippen molar-refractivity contribution >= 4 is 10.9 Å². The van der Waals surface area contributed by atoms with Crippen LogP contribution in [-0.4, -0.2) is 37.5 Å². The molecule has 0 bridgehead atoms. The van der Waals surface area contributed by atoms with E-state index in [1.807, 2.05) is 30.3 Å². The molecule has 0 radical (unpaired) electrons. The Morgan fingerprint density at radius 1 is 1.43 bits per heavy atom. The van der Waals surface area contributed by atoms with Crippen LogP contribution in [0.4, 0.5) is 0 Å². The number of methoxy groups -OCH3 is 1. The van der Waals surface area contributed by atoms with Crippen molar-refractivity contribution in [1.29, 1.82) is 0 Å². The minimum absolute atomic E-state index is 0.0460. The van der Waals surface area contributed by atoms with Crippen molar-refractivity contribution in [2.24, 2.45) is 0 Å². The molecule has 1 atom stereocenters. The van der Waals surface area contributed by atoms with Gasteiger partial charge >= 0.3 is 0 Å². The van der Waals surface area contributed by atoms with Crippen molar-refractivity contribution in [2.75, 3.05) is 26.9 Å². The fourth-order valence-corrected chi connectivity index (χ4v) is 2.71. The molecule has 0 saturated carbocycles. The number of rotatable bonds is 5. The van der Waals surface area contributed by atoms with Gasteiger partial charge in [-0.3, -0.25) is 4.79 Å². The molecule has 112 valence electrons. The Labute approximate surface area is 123 Å². The molecular formula is C16H20N2O3. The summed E-state index contributed by atoms with van der Waals surface area (Å²) in [5.74, 6) is 0. The summed E-state index contributed by atoms with van der Waals surface area (Å²) in [6, 6.07) is 9.72. The standard InChI is InChI=1S/C16H20N2O3/c1-20-16(6-7-21-11-16)10-17-9-13-8-12-4-2-3-5-14(12)18-15(13)19/h2-5,8,17H,6-7,9-11H2,1H3,(H,18,19). The van der Waals surface area contributed by atoms with Gasteiger partial charge in [-0.2, -0.15) is 0 Å². The van der Waals surface area contributed by atoms with E-state index < -0.39 is 0 Å². The Kier molecular flexibility index (Phi) is 4.05. The molecule has 0 aliphatic carbocycles. The highest BCUT2D eigenvalue weighted by molar-refractivity contribution is 5.78. The Bertz CT molecular complexity index is 675. The number of aromatic nitrogens is 1. The van der Waals surface area contributed by atoms with Crippen LogP contribution in [0.15, 0.2) is 35.1 Å². The molecular weight excluding hydrogens is 268 g/mol. The third-order valence-corrected chi connectivity index (χ3v) is 4.09. The molecule has 1 saturated heterocycles. The maximum atomic E-state index is 12.1. The number of H-pyrrole nitrogens is 1. The molecule has 2 N–H and O–H groups in total. The number of pyridine rings is 1. The van der Waals surface area contributed by atoms with Crippen LogP contribution < -0.4 is 10.9 Å². The van der Waals surface area contributed by atoms with Crippen molar-refractivity contribution < 1.29 is 9.47 Å². The summed E-state index contributed by atoms with van der Waals surface area (Å²) in [6.45, 7) is 2.53. The molecule has 2 aromatic rings.